The topological polar surface area (TPSA) is 61.6 Å². The van der Waals surface area contributed by atoms with E-state index in [4.69, 9.17) is 15.2 Å². The smallest absolute Gasteiger partial charge is 0.405 e. The highest BCUT2D eigenvalue weighted by Crippen LogP contribution is 2.17. The fourth-order valence-electron chi connectivity index (χ4n) is 1.63. The summed E-state index contributed by atoms with van der Waals surface area (Å²) in [4.78, 5) is 10.6. The standard InChI is InChI=1S/C10H17NO3/c1-13-8-6-4-2-3-5-7-9(8)14-10(11)12/h5,7-9H,2-4,6H2,1H3,(H2,11,12)/b7-5+. The first-order chi connectivity index (χ1) is 6.74. The Morgan fingerprint density at radius 1 is 1.50 bits per heavy atom. The molecule has 2 atom stereocenters. The van der Waals surface area contributed by atoms with Gasteiger partial charge in [0.1, 0.15) is 6.10 Å². The molecule has 1 aliphatic rings. The third kappa shape index (κ3) is 3.38. The number of primary amides is 1. The molecule has 0 aromatic rings. The molecule has 0 spiro atoms. The molecule has 1 aliphatic carbocycles. The lowest BCUT2D eigenvalue weighted by molar-refractivity contribution is -0.00372. The molecule has 4 heteroatoms. The van der Waals surface area contributed by atoms with E-state index in [1.165, 1.54) is 0 Å². The largest absolute Gasteiger partial charge is 0.439 e. The van der Waals surface area contributed by atoms with E-state index < -0.39 is 6.09 Å². The number of methoxy groups -OCH3 is 1. The van der Waals surface area contributed by atoms with Crippen molar-refractivity contribution >= 4 is 6.09 Å². The Morgan fingerprint density at radius 3 is 2.93 bits per heavy atom. The van der Waals surface area contributed by atoms with Gasteiger partial charge in [0.25, 0.3) is 0 Å². The fourth-order valence-corrected chi connectivity index (χ4v) is 1.63. The molecule has 0 saturated heterocycles. The highest BCUT2D eigenvalue weighted by molar-refractivity contribution is 5.65. The van der Waals surface area contributed by atoms with E-state index in [-0.39, 0.29) is 12.2 Å². The molecule has 0 bridgehead atoms. The zero-order chi connectivity index (χ0) is 10.4. The van der Waals surface area contributed by atoms with Crippen LogP contribution in [0.2, 0.25) is 0 Å². The van der Waals surface area contributed by atoms with E-state index in [1.54, 1.807) is 7.11 Å². The summed E-state index contributed by atoms with van der Waals surface area (Å²) in [5.74, 6) is 0. The van der Waals surface area contributed by atoms with Crippen molar-refractivity contribution in [2.75, 3.05) is 7.11 Å². The number of hydrogen-bond acceptors (Lipinski definition) is 3. The number of rotatable bonds is 2. The highest BCUT2D eigenvalue weighted by atomic mass is 16.6. The molecule has 14 heavy (non-hydrogen) atoms. The van der Waals surface area contributed by atoms with Gasteiger partial charge in [-0.05, 0) is 25.3 Å². The Kier molecular flexibility index (Phi) is 4.46. The molecular formula is C10H17NO3. The summed E-state index contributed by atoms with van der Waals surface area (Å²) in [6.45, 7) is 0. The summed E-state index contributed by atoms with van der Waals surface area (Å²) < 4.78 is 10.2. The van der Waals surface area contributed by atoms with Crippen LogP contribution in [0.15, 0.2) is 12.2 Å². The van der Waals surface area contributed by atoms with Gasteiger partial charge in [-0.25, -0.2) is 4.79 Å². The van der Waals surface area contributed by atoms with Gasteiger partial charge < -0.3 is 15.2 Å². The van der Waals surface area contributed by atoms with Crippen molar-refractivity contribution in [3.8, 4) is 0 Å². The van der Waals surface area contributed by atoms with Crippen LogP contribution in [-0.4, -0.2) is 25.4 Å². The van der Waals surface area contributed by atoms with Crippen molar-refractivity contribution in [2.24, 2.45) is 5.73 Å². The van der Waals surface area contributed by atoms with Crippen molar-refractivity contribution in [3.05, 3.63) is 12.2 Å². The molecule has 2 unspecified atom stereocenters. The minimum atomic E-state index is -0.748. The maximum absolute atomic E-state index is 10.6. The molecule has 0 heterocycles. The van der Waals surface area contributed by atoms with Gasteiger partial charge >= 0.3 is 6.09 Å². The molecular weight excluding hydrogens is 182 g/mol. The molecule has 0 saturated carbocycles. The summed E-state index contributed by atoms with van der Waals surface area (Å²) in [6.07, 6.45) is 6.88. The van der Waals surface area contributed by atoms with Crippen LogP contribution in [0.3, 0.4) is 0 Å². The molecule has 2 N–H and O–H groups in total. The van der Waals surface area contributed by atoms with Crippen LogP contribution in [0.5, 0.6) is 0 Å². The van der Waals surface area contributed by atoms with Crippen LogP contribution in [0.25, 0.3) is 0 Å². The molecule has 0 aliphatic heterocycles. The summed E-state index contributed by atoms with van der Waals surface area (Å²) >= 11 is 0. The van der Waals surface area contributed by atoms with Crippen molar-refractivity contribution in [2.45, 2.75) is 37.9 Å². The van der Waals surface area contributed by atoms with Crippen LogP contribution in [0, 0.1) is 0 Å². The number of allylic oxidation sites excluding steroid dienone is 1. The second kappa shape index (κ2) is 5.65. The predicted molar refractivity (Wildman–Crippen MR) is 52.9 cm³/mol. The van der Waals surface area contributed by atoms with E-state index in [0.717, 1.165) is 25.7 Å². The van der Waals surface area contributed by atoms with E-state index in [2.05, 4.69) is 0 Å². The second-order valence-electron chi connectivity index (χ2n) is 3.39. The first-order valence-electron chi connectivity index (χ1n) is 4.89. The van der Waals surface area contributed by atoms with Crippen molar-refractivity contribution in [3.63, 3.8) is 0 Å². The lowest BCUT2D eigenvalue weighted by Gasteiger charge is -2.24. The van der Waals surface area contributed by atoms with E-state index in [0.29, 0.717) is 0 Å². The number of hydrogen-bond donors (Lipinski definition) is 1. The van der Waals surface area contributed by atoms with E-state index in [1.807, 2.05) is 12.2 Å². The monoisotopic (exact) mass is 199 g/mol. The van der Waals surface area contributed by atoms with E-state index >= 15 is 0 Å². The summed E-state index contributed by atoms with van der Waals surface area (Å²) in [5, 5.41) is 0. The third-order valence-electron chi connectivity index (χ3n) is 2.36. The van der Waals surface area contributed by atoms with Crippen LogP contribution in [0.1, 0.15) is 25.7 Å². The zero-order valence-electron chi connectivity index (χ0n) is 8.44. The number of nitrogens with two attached hydrogens (primary N) is 1. The molecule has 0 radical (unpaired) electrons. The normalized spacial score (nSPS) is 30.1. The molecule has 80 valence electrons. The van der Waals surface area contributed by atoms with Crippen molar-refractivity contribution < 1.29 is 14.3 Å². The second-order valence-corrected chi connectivity index (χ2v) is 3.39. The predicted octanol–water partition coefficient (Wildman–Crippen LogP) is 1.60. The average Bonchev–Trinajstić information content (AvgIpc) is 2.10. The molecule has 0 aromatic carbocycles. The van der Waals surface area contributed by atoms with Crippen molar-refractivity contribution in [1.29, 1.82) is 0 Å². The summed E-state index contributed by atoms with van der Waals surface area (Å²) in [7, 11) is 1.62. The maximum atomic E-state index is 10.6. The molecule has 0 fully saturated rings. The third-order valence-corrected chi connectivity index (χ3v) is 2.36. The first kappa shape index (κ1) is 11.0. The average molecular weight is 199 g/mol. The minimum Gasteiger partial charge on any atom is -0.439 e. The zero-order valence-corrected chi connectivity index (χ0v) is 8.44. The van der Waals surface area contributed by atoms with Gasteiger partial charge in [-0.3, -0.25) is 0 Å². The lowest BCUT2D eigenvalue weighted by Crippen LogP contribution is -2.33. The Bertz CT molecular complexity index is 215. The maximum Gasteiger partial charge on any atom is 0.405 e. The van der Waals surface area contributed by atoms with E-state index in [9.17, 15) is 4.79 Å². The highest BCUT2D eigenvalue weighted by Gasteiger charge is 2.22. The van der Waals surface area contributed by atoms with Crippen LogP contribution < -0.4 is 5.73 Å². The first-order valence-corrected chi connectivity index (χ1v) is 4.89. The number of amides is 1. The SMILES string of the molecule is COC1CCCC/C=C/C1OC(N)=O. The molecule has 0 aromatic heterocycles. The quantitative estimate of drug-likeness (QED) is 0.687. The molecule has 1 amide bonds. The Labute approximate surface area is 84.1 Å². The summed E-state index contributed by atoms with van der Waals surface area (Å²) in [6, 6.07) is 0. The van der Waals surface area contributed by atoms with Gasteiger partial charge in [0.2, 0.25) is 0 Å². The van der Waals surface area contributed by atoms with Gasteiger partial charge in [-0.15, -0.1) is 0 Å². The van der Waals surface area contributed by atoms with Crippen LogP contribution in [-0.2, 0) is 9.47 Å². The summed E-state index contributed by atoms with van der Waals surface area (Å²) in [5.41, 5.74) is 4.98. The van der Waals surface area contributed by atoms with Gasteiger partial charge in [-0.2, -0.15) is 0 Å². The number of carbonyl (C=O) groups excluding carboxylic acids is 1. The van der Waals surface area contributed by atoms with Crippen molar-refractivity contribution in [1.82, 2.24) is 0 Å². The Balaban J connectivity index is 2.61. The van der Waals surface area contributed by atoms with Gasteiger partial charge in [0.05, 0.1) is 6.10 Å². The fraction of sp³-hybridized carbons (Fsp3) is 0.700. The van der Waals surface area contributed by atoms with Crippen LogP contribution >= 0.6 is 0 Å². The molecule has 1 rings (SSSR count). The van der Waals surface area contributed by atoms with Crippen LogP contribution in [0.4, 0.5) is 4.79 Å². The minimum absolute atomic E-state index is 0.0703. The van der Waals surface area contributed by atoms with Gasteiger partial charge in [-0.1, -0.05) is 12.5 Å². The Morgan fingerprint density at radius 2 is 2.29 bits per heavy atom. The molecule has 4 nitrogen and oxygen atoms in total. The number of ether oxygens (including phenoxy) is 2. The van der Waals surface area contributed by atoms with Gasteiger partial charge in [0.15, 0.2) is 0 Å². The number of carbonyl (C=O) groups is 1. The van der Waals surface area contributed by atoms with Gasteiger partial charge in [0, 0.05) is 7.11 Å². The Hall–Kier alpha value is -1.03. The lowest BCUT2D eigenvalue weighted by atomic mass is 10.0.